The highest BCUT2D eigenvalue weighted by Crippen LogP contribution is 2.25. The molecule has 0 bridgehead atoms. The van der Waals surface area contributed by atoms with Crippen molar-refractivity contribution in [3.05, 3.63) is 35.9 Å². The Morgan fingerprint density at radius 3 is 2.50 bits per heavy atom. The van der Waals surface area contributed by atoms with Crippen molar-refractivity contribution in [3.63, 3.8) is 0 Å². The molecule has 3 nitrogen and oxygen atoms in total. The van der Waals surface area contributed by atoms with E-state index in [9.17, 15) is 4.79 Å². The zero-order valence-corrected chi connectivity index (χ0v) is 12.0. The molecule has 1 atom stereocenters. The second kappa shape index (κ2) is 6.40. The van der Waals surface area contributed by atoms with Gasteiger partial charge in [0.15, 0.2) is 0 Å². The number of hydrogen-bond acceptors (Lipinski definition) is 3. The smallest absolute Gasteiger partial charge is 0.323 e. The molecule has 1 aliphatic heterocycles. The number of carbonyl (C=O) groups excluding carboxylic acids is 1. The monoisotopic (exact) mass is 273 g/mol. The van der Waals surface area contributed by atoms with Gasteiger partial charge in [0.1, 0.15) is 12.1 Å². The van der Waals surface area contributed by atoms with Crippen molar-refractivity contribution in [2.24, 2.45) is 0 Å². The molecule has 1 saturated carbocycles. The Morgan fingerprint density at radius 1 is 1.10 bits per heavy atom. The highest BCUT2D eigenvalue weighted by Gasteiger charge is 2.36. The minimum atomic E-state index is -0.0165. The minimum Gasteiger partial charge on any atom is -0.461 e. The first-order valence-corrected chi connectivity index (χ1v) is 7.81. The van der Waals surface area contributed by atoms with Gasteiger partial charge < -0.3 is 4.74 Å². The van der Waals surface area contributed by atoms with Crippen molar-refractivity contribution in [2.45, 2.75) is 57.2 Å². The van der Waals surface area contributed by atoms with Crippen molar-refractivity contribution in [2.75, 3.05) is 6.54 Å². The van der Waals surface area contributed by atoms with Crippen molar-refractivity contribution in [1.82, 2.24) is 4.90 Å². The molecular formula is C17H23NO2. The lowest BCUT2D eigenvalue weighted by atomic mass is 9.97. The van der Waals surface area contributed by atoms with E-state index < -0.39 is 0 Å². The average Bonchev–Trinajstić information content (AvgIpc) is 2.46. The van der Waals surface area contributed by atoms with Gasteiger partial charge in [0.05, 0.1) is 0 Å². The van der Waals surface area contributed by atoms with Crippen LogP contribution in [-0.2, 0) is 16.1 Å². The summed E-state index contributed by atoms with van der Waals surface area (Å²) in [6, 6.07) is 10.3. The maximum Gasteiger partial charge on any atom is 0.323 e. The Hall–Kier alpha value is -1.35. The van der Waals surface area contributed by atoms with Crippen molar-refractivity contribution in [3.8, 4) is 0 Å². The molecule has 2 fully saturated rings. The van der Waals surface area contributed by atoms with Gasteiger partial charge in [-0.2, -0.15) is 0 Å². The zero-order valence-electron chi connectivity index (χ0n) is 12.0. The molecule has 1 aromatic carbocycles. The van der Waals surface area contributed by atoms with Gasteiger partial charge in [-0.15, -0.1) is 0 Å². The Kier molecular flexibility index (Phi) is 4.36. The molecule has 2 aliphatic rings. The molecule has 3 rings (SSSR count). The van der Waals surface area contributed by atoms with Crippen LogP contribution in [0.4, 0.5) is 0 Å². The Balaban J connectivity index is 1.50. The summed E-state index contributed by atoms with van der Waals surface area (Å²) in [5, 5.41) is 0. The van der Waals surface area contributed by atoms with Crippen LogP contribution < -0.4 is 0 Å². The summed E-state index contributed by atoms with van der Waals surface area (Å²) >= 11 is 0. The fourth-order valence-electron chi connectivity index (χ4n) is 3.14. The number of ether oxygens (including phenoxy) is 1. The summed E-state index contributed by atoms with van der Waals surface area (Å²) in [4.78, 5) is 14.5. The maximum atomic E-state index is 12.2. The number of likely N-dealkylation sites (tertiary alicyclic amines) is 1. The summed E-state index contributed by atoms with van der Waals surface area (Å²) in [5.74, 6) is -0.000851. The van der Waals surface area contributed by atoms with Crippen LogP contribution in [0, 0.1) is 0 Å². The summed E-state index contributed by atoms with van der Waals surface area (Å²) in [6.45, 7) is 1.85. The molecule has 0 radical (unpaired) electrons. The van der Waals surface area contributed by atoms with E-state index in [1.165, 1.54) is 24.8 Å². The molecule has 0 N–H and O–H groups in total. The van der Waals surface area contributed by atoms with Gasteiger partial charge in [0.2, 0.25) is 0 Å². The highest BCUT2D eigenvalue weighted by atomic mass is 16.5. The Morgan fingerprint density at radius 2 is 1.85 bits per heavy atom. The molecule has 20 heavy (non-hydrogen) atoms. The first-order valence-electron chi connectivity index (χ1n) is 7.81. The fourth-order valence-corrected chi connectivity index (χ4v) is 3.14. The topological polar surface area (TPSA) is 29.5 Å². The van der Waals surface area contributed by atoms with Crippen LogP contribution >= 0.6 is 0 Å². The molecule has 1 aromatic rings. The first kappa shape index (κ1) is 13.6. The second-order valence-corrected chi connectivity index (χ2v) is 5.96. The molecule has 1 saturated heterocycles. The zero-order chi connectivity index (χ0) is 13.8. The van der Waals surface area contributed by atoms with Crippen LogP contribution in [-0.4, -0.2) is 29.6 Å². The predicted molar refractivity (Wildman–Crippen MR) is 78.2 cm³/mol. The summed E-state index contributed by atoms with van der Waals surface area (Å²) in [5.41, 5.74) is 1.27. The van der Waals surface area contributed by atoms with Gasteiger partial charge in [-0.3, -0.25) is 9.69 Å². The molecule has 0 spiro atoms. The molecule has 108 valence electrons. The molecule has 0 aromatic heterocycles. The minimum absolute atomic E-state index is 0.000851. The van der Waals surface area contributed by atoms with Crippen LogP contribution in [0.3, 0.4) is 0 Å². The van der Waals surface area contributed by atoms with Gasteiger partial charge in [-0.05, 0) is 37.7 Å². The van der Waals surface area contributed by atoms with E-state index in [0.29, 0.717) is 0 Å². The number of esters is 1. The van der Waals surface area contributed by atoms with Gasteiger partial charge in [-0.25, -0.2) is 0 Å². The van der Waals surface area contributed by atoms with Crippen molar-refractivity contribution < 1.29 is 9.53 Å². The number of rotatable bonds is 4. The third-order valence-corrected chi connectivity index (χ3v) is 4.47. The number of nitrogens with zero attached hydrogens (tertiary/aromatic N) is 1. The standard InChI is InChI=1S/C17H23NO2/c19-17(20-15-9-5-2-6-10-15)16-11-12-18(16)13-14-7-3-1-4-8-14/h1,3-4,7-8,15-16H,2,5-6,9-13H2/t16-/m0/s1. The fraction of sp³-hybridized carbons (Fsp3) is 0.588. The highest BCUT2D eigenvalue weighted by molar-refractivity contribution is 5.77. The quantitative estimate of drug-likeness (QED) is 0.789. The van der Waals surface area contributed by atoms with Crippen LogP contribution in [0.2, 0.25) is 0 Å². The molecule has 1 heterocycles. The van der Waals surface area contributed by atoms with Crippen LogP contribution in [0.15, 0.2) is 30.3 Å². The molecule has 0 amide bonds. The number of carbonyl (C=O) groups is 1. The van der Waals surface area contributed by atoms with Gasteiger partial charge in [-0.1, -0.05) is 36.8 Å². The van der Waals surface area contributed by atoms with Crippen LogP contribution in [0.1, 0.15) is 44.1 Å². The summed E-state index contributed by atoms with van der Waals surface area (Å²) < 4.78 is 5.68. The van der Waals surface area contributed by atoms with Crippen LogP contribution in [0.25, 0.3) is 0 Å². The van der Waals surface area contributed by atoms with E-state index in [4.69, 9.17) is 4.74 Å². The van der Waals surface area contributed by atoms with Crippen molar-refractivity contribution >= 4 is 5.97 Å². The van der Waals surface area contributed by atoms with E-state index in [0.717, 1.165) is 32.4 Å². The lowest BCUT2D eigenvalue weighted by Gasteiger charge is -2.40. The van der Waals surface area contributed by atoms with E-state index in [-0.39, 0.29) is 18.1 Å². The van der Waals surface area contributed by atoms with E-state index in [1.807, 2.05) is 18.2 Å². The third-order valence-electron chi connectivity index (χ3n) is 4.47. The molecule has 3 heteroatoms. The Bertz CT molecular complexity index is 440. The average molecular weight is 273 g/mol. The third kappa shape index (κ3) is 3.21. The first-order chi connectivity index (χ1) is 9.83. The van der Waals surface area contributed by atoms with E-state index in [2.05, 4.69) is 17.0 Å². The molecule has 1 aliphatic carbocycles. The normalized spacial score (nSPS) is 24.1. The molecular weight excluding hydrogens is 250 g/mol. The van der Waals surface area contributed by atoms with E-state index >= 15 is 0 Å². The lowest BCUT2D eigenvalue weighted by Crippen LogP contribution is -2.52. The van der Waals surface area contributed by atoms with Crippen molar-refractivity contribution in [1.29, 1.82) is 0 Å². The van der Waals surface area contributed by atoms with Crippen LogP contribution in [0.5, 0.6) is 0 Å². The van der Waals surface area contributed by atoms with E-state index in [1.54, 1.807) is 0 Å². The largest absolute Gasteiger partial charge is 0.461 e. The SMILES string of the molecule is O=C(OC1CCCCC1)[C@@H]1CCN1Cc1ccccc1. The summed E-state index contributed by atoms with van der Waals surface area (Å²) in [6.07, 6.45) is 6.92. The Labute approximate surface area is 120 Å². The van der Waals surface area contributed by atoms with Gasteiger partial charge in [0, 0.05) is 13.1 Å². The maximum absolute atomic E-state index is 12.2. The summed E-state index contributed by atoms with van der Waals surface area (Å²) in [7, 11) is 0. The molecule has 0 unspecified atom stereocenters. The van der Waals surface area contributed by atoms with Gasteiger partial charge in [0.25, 0.3) is 0 Å². The lowest BCUT2D eigenvalue weighted by molar-refractivity contribution is -0.162. The number of hydrogen-bond donors (Lipinski definition) is 0. The predicted octanol–water partition coefficient (Wildman–Crippen LogP) is 3.14. The van der Waals surface area contributed by atoms with Gasteiger partial charge >= 0.3 is 5.97 Å². The number of benzene rings is 1. The second-order valence-electron chi connectivity index (χ2n) is 5.96.